The van der Waals surface area contributed by atoms with Crippen LogP contribution in [-0.2, 0) is 23.0 Å². The van der Waals surface area contributed by atoms with Gasteiger partial charge in [-0.3, -0.25) is 9.10 Å². The van der Waals surface area contributed by atoms with Crippen molar-refractivity contribution in [1.82, 2.24) is 5.32 Å². The Hall–Kier alpha value is -3.10. The highest BCUT2D eigenvalue weighted by molar-refractivity contribution is 7.92. The molecule has 0 spiro atoms. The van der Waals surface area contributed by atoms with Crippen molar-refractivity contribution in [2.75, 3.05) is 23.7 Å². The Kier molecular flexibility index (Phi) is 8.52. The average Bonchev–Trinajstić information content (AvgIpc) is 2.82. The summed E-state index contributed by atoms with van der Waals surface area (Å²) in [5, 5.41) is 2.63. The molecule has 0 aliphatic rings. The van der Waals surface area contributed by atoms with Crippen LogP contribution >= 0.6 is 11.6 Å². The summed E-state index contributed by atoms with van der Waals surface area (Å²) in [6.07, 6.45) is 2.02. The number of halogens is 2. The van der Waals surface area contributed by atoms with E-state index >= 15 is 0 Å². The second kappa shape index (κ2) is 11.4. The van der Waals surface area contributed by atoms with Gasteiger partial charge in [-0.25, -0.2) is 12.8 Å². The van der Waals surface area contributed by atoms with E-state index in [2.05, 4.69) is 12.2 Å². The van der Waals surface area contributed by atoms with Gasteiger partial charge in [0.05, 0.1) is 30.1 Å². The molecule has 0 aliphatic heterocycles. The van der Waals surface area contributed by atoms with E-state index in [-0.39, 0.29) is 23.2 Å². The van der Waals surface area contributed by atoms with Gasteiger partial charge in [-0.15, -0.1) is 0 Å². The Morgan fingerprint density at radius 1 is 1.03 bits per heavy atom. The van der Waals surface area contributed by atoms with Crippen molar-refractivity contribution >= 4 is 33.2 Å². The minimum atomic E-state index is -3.66. The van der Waals surface area contributed by atoms with Crippen molar-refractivity contribution in [3.8, 4) is 5.75 Å². The van der Waals surface area contributed by atoms with Crippen molar-refractivity contribution in [2.45, 2.75) is 19.9 Å². The molecule has 0 heterocycles. The Balaban J connectivity index is 1.57. The maximum absolute atomic E-state index is 13.5. The molecule has 3 aromatic rings. The Labute approximate surface area is 204 Å². The van der Waals surface area contributed by atoms with Crippen LogP contribution in [0, 0.1) is 5.82 Å². The number of benzene rings is 3. The van der Waals surface area contributed by atoms with Crippen molar-refractivity contribution in [1.29, 1.82) is 0 Å². The molecule has 0 saturated carbocycles. The Morgan fingerprint density at radius 2 is 1.68 bits per heavy atom. The van der Waals surface area contributed by atoms with Crippen LogP contribution in [0.4, 0.5) is 10.1 Å². The molecule has 0 fully saturated rings. The highest BCUT2D eigenvalue weighted by Gasteiger charge is 2.19. The number of aryl methyl sites for hydroxylation is 1. The predicted molar refractivity (Wildman–Crippen MR) is 133 cm³/mol. The first-order valence-corrected chi connectivity index (χ1v) is 12.9. The van der Waals surface area contributed by atoms with Crippen LogP contribution in [0.5, 0.6) is 5.75 Å². The molecule has 9 heteroatoms. The third-order valence-electron chi connectivity index (χ3n) is 5.12. The standard InChI is InChI=1S/C25H26ClFN2O4S/c1-3-18-6-11-22(12-7-18)33-15-14-28-25(30)20-8-4-19(5-9-20)17-29(34(2,31)32)21-10-13-24(27)23(26)16-21/h4-13,16H,3,14-15,17H2,1-2H3,(H,28,30). The zero-order chi connectivity index (χ0) is 24.7. The quantitative estimate of drug-likeness (QED) is 0.402. The fourth-order valence-corrected chi connectivity index (χ4v) is 4.28. The van der Waals surface area contributed by atoms with Gasteiger partial charge in [0, 0.05) is 5.56 Å². The van der Waals surface area contributed by atoms with Gasteiger partial charge in [0.1, 0.15) is 18.2 Å². The van der Waals surface area contributed by atoms with E-state index in [4.69, 9.17) is 16.3 Å². The summed E-state index contributed by atoms with van der Waals surface area (Å²) in [5.74, 6) is -0.149. The van der Waals surface area contributed by atoms with E-state index < -0.39 is 15.8 Å². The SMILES string of the molecule is CCc1ccc(OCCNC(=O)c2ccc(CN(c3ccc(F)c(Cl)c3)S(C)(=O)=O)cc2)cc1. The first-order chi connectivity index (χ1) is 16.2. The number of rotatable bonds is 10. The summed E-state index contributed by atoms with van der Waals surface area (Å²) in [6, 6.07) is 18.1. The summed E-state index contributed by atoms with van der Waals surface area (Å²) in [5.41, 5.74) is 2.57. The van der Waals surface area contributed by atoms with E-state index in [0.29, 0.717) is 24.3 Å². The van der Waals surface area contributed by atoms with Crippen LogP contribution in [0.3, 0.4) is 0 Å². The number of carbonyl (C=O) groups is 1. The Bertz CT molecular complexity index is 1230. The first kappa shape index (κ1) is 25.5. The van der Waals surface area contributed by atoms with E-state index in [1.165, 1.54) is 17.7 Å². The third kappa shape index (κ3) is 6.95. The van der Waals surface area contributed by atoms with Crippen molar-refractivity contribution < 1.29 is 22.3 Å². The number of hydrogen-bond donors (Lipinski definition) is 1. The van der Waals surface area contributed by atoms with Crippen LogP contribution in [0.15, 0.2) is 66.7 Å². The fourth-order valence-electron chi connectivity index (χ4n) is 3.22. The van der Waals surface area contributed by atoms with E-state index in [1.54, 1.807) is 24.3 Å². The van der Waals surface area contributed by atoms with E-state index in [1.807, 2.05) is 24.3 Å². The second-order valence-corrected chi connectivity index (χ2v) is 9.98. The van der Waals surface area contributed by atoms with Gasteiger partial charge in [-0.2, -0.15) is 0 Å². The lowest BCUT2D eigenvalue weighted by Gasteiger charge is -2.23. The summed E-state index contributed by atoms with van der Waals surface area (Å²) in [4.78, 5) is 12.4. The zero-order valence-corrected chi connectivity index (χ0v) is 20.5. The number of sulfonamides is 1. The highest BCUT2D eigenvalue weighted by atomic mass is 35.5. The lowest BCUT2D eigenvalue weighted by atomic mass is 10.1. The molecule has 0 saturated heterocycles. The molecule has 0 radical (unpaired) electrons. The van der Waals surface area contributed by atoms with Gasteiger partial charge in [0.25, 0.3) is 5.91 Å². The third-order valence-corrected chi connectivity index (χ3v) is 6.55. The maximum atomic E-state index is 13.5. The molecule has 34 heavy (non-hydrogen) atoms. The average molecular weight is 505 g/mol. The van der Waals surface area contributed by atoms with E-state index in [0.717, 1.165) is 28.8 Å². The topological polar surface area (TPSA) is 75.7 Å². The summed E-state index contributed by atoms with van der Waals surface area (Å²) < 4.78 is 44.8. The summed E-state index contributed by atoms with van der Waals surface area (Å²) in [6.45, 7) is 2.76. The largest absolute Gasteiger partial charge is 0.492 e. The number of ether oxygens (including phenoxy) is 1. The number of nitrogens with zero attached hydrogens (tertiary/aromatic N) is 1. The Morgan fingerprint density at radius 3 is 2.26 bits per heavy atom. The van der Waals surface area contributed by atoms with Crippen molar-refractivity contribution in [2.24, 2.45) is 0 Å². The first-order valence-electron chi connectivity index (χ1n) is 10.7. The van der Waals surface area contributed by atoms with E-state index in [9.17, 15) is 17.6 Å². The highest BCUT2D eigenvalue weighted by Crippen LogP contribution is 2.26. The van der Waals surface area contributed by atoms with Crippen LogP contribution in [0.25, 0.3) is 0 Å². The van der Waals surface area contributed by atoms with Gasteiger partial charge in [0.2, 0.25) is 10.0 Å². The minimum Gasteiger partial charge on any atom is -0.492 e. The van der Waals surface area contributed by atoms with Crippen LogP contribution in [-0.4, -0.2) is 33.7 Å². The van der Waals surface area contributed by atoms with Crippen LogP contribution in [0.2, 0.25) is 5.02 Å². The normalized spacial score (nSPS) is 11.2. The zero-order valence-electron chi connectivity index (χ0n) is 18.9. The van der Waals surface area contributed by atoms with Gasteiger partial charge in [-0.1, -0.05) is 42.8 Å². The monoisotopic (exact) mass is 504 g/mol. The van der Waals surface area contributed by atoms with Crippen molar-refractivity contribution in [3.63, 3.8) is 0 Å². The van der Waals surface area contributed by atoms with Gasteiger partial charge in [-0.05, 0) is 60.0 Å². The molecule has 180 valence electrons. The number of nitrogens with one attached hydrogen (secondary N) is 1. The maximum Gasteiger partial charge on any atom is 0.251 e. The molecular weight excluding hydrogens is 479 g/mol. The molecule has 0 aliphatic carbocycles. The number of amides is 1. The van der Waals surface area contributed by atoms with Gasteiger partial charge >= 0.3 is 0 Å². The minimum absolute atomic E-state index is 0.00730. The van der Waals surface area contributed by atoms with Gasteiger partial charge in [0.15, 0.2) is 0 Å². The molecule has 1 amide bonds. The number of anilines is 1. The summed E-state index contributed by atoms with van der Waals surface area (Å²) >= 11 is 5.82. The van der Waals surface area contributed by atoms with Crippen molar-refractivity contribution in [3.05, 3.63) is 94.3 Å². The molecule has 0 atom stereocenters. The fraction of sp³-hybridized carbons (Fsp3) is 0.240. The van der Waals surface area contributed by atoms with Gasteiger partial charge < -0.3 is 10.1 Å². The number of hydrogen-bond acceptors (Lipinski definition) is 4. The lowest BCUT2D eigenvalue weighted by Crippen LogP contribution is -2.29. The molecule has 0 aromatic heterocycles. The van der Waals surface area contributed by atoms with Crippen LogP contribution in [0.1, 0.15) is 28.4 Å². The molecule has 6 nitrogen and oxygen atoms in total. The van der Waals surface area contributed by atoms with Crippen LogP contribution < -0.4 is 14.4 Å². The molecule has 0 unspecified atom stereocenters. The smallest absolute Gasteiger partial charge is 0.251 e. The molecule has 3 aromatic carbocycles. The lowest BCUT2D eigenvalue weighted by molar-refractivity contribution is 0.0947. The predicted octanol–water partition coefficient (Wildman–Crippen LogP) is 4.82. The molecule has 1 N–H and O–H groups in total. The summed E-state index contributed by atoms with van der Waals surface area (Å²) in [7, 11) is -3.66. The molecular formula is C25H26ClFN2O4S. The molecule has 0 bridgehead atoms. The molecule has 3 rings (SSSR count). The second-order valence-electron chi connectivity index (χ2n) is 7.67. The number of carbonyl (C=O) groups excluding carboxylic acids is 1.